The summed E-state index contributed by atoms with van der Waals surface area (Å²) in [5.41, 5.74) is 0. The van der Waals surface area contributed by atoms with Crippen LogP contribution in [-0.4, -0.2) is 11.4 Å². The summed E-state index contributed by atoms with van der Waals surface area (Å²) in [7, 11) is 0. The van der Waals surface area contributed by atoms with E-state index in [2.05, 4.69) is 21.1 Å². The lowest BCUT2D eigenvalue weighted by atomic mass is 10.5. The second-order valence-electron chi connectivity index (χ2n) is 1.39. The molecule has 1 aromatic heterocycles. The van der Waals surface area contributed by atoms with Crippen molar-refractivity contribution in [1.82, 2.24) is 0 Å². The van der Waals surface area contributed by atoms with E-state index in [9.17, 15) is 0 Å². The van der Waals surface area contributed by atoms with Crippen molar-refractivity contribution in [3.05, 3.63) is 22.6 Å². The molecule has 0 fully saturated rings. The highest BCUT2D eigenvalue weighted by Crippen LogP contribution is 2.11. The fourth-order valence-corrected chi connectivity index (χ4v) is 0.774. The van der Waals surface area contributed by atoms with Crippen LogP contribution >= 0.6 is 15.9 Å². The number of nitrogens with zero attached hydrogens (tertiary/aromatic N) is 1. The Bertz CT molecular complexity index is 218. The smallest absolute Gasteiger partial charge is 0.169 e. The van der Waals surface area contributed by atoms with Crippen molar-refractivity contribution >= 4 is 22.1 Å². The maximum Gasteiger partial charge on any atom is 0.169 e. The van der Waals surface area contributed by atoms with Crippen LogP contribution in [-0.2, 0) is 0 Å². The predicted octanol–water partition coefficient (Wildman–Crippen LogP) is 1.85. The van der Waals surface area contributed by atoms with Crippen LogP contribution < -0.4 is 0 Å². The maximum absolute atomic E-state index is 8.02. The number of hydrogen-bond acceptors (Lipinski definition) is 3. The highest BCUT2D eigenvalue weighted by atomic mass is 79.9. The van der Waals surface area contributed by atoms with E-state index in [4.69, 9.17) is 9.62 Å². The molecule has 1 rings (SSSR count). The van der Waals surface area contributed by atoms with Gasteiger partial charge in [-0.05, 0) is 28.1 Å². The molecule has 48 valence electrons. The van der Waals surface area contributed by atoms with E-state index < -0.39 is 0 Å². The van der Waals surface area contributed by atoms with E-state index >= 15 is 0 Å². The molecule has 4 heteroatoms. The number of rotatable bonds is 1. The maximum atomic E-state index is 8.02. The summed E-state index contributed by atoms with van der Waals surface area (Å²) in [5.74, 6) is 0.518. The van der Waals surface area contributed by atoms with Gasteiger partial charge >= 0.3 is 0 Å². The molecule has 0 saturated heterocycles. The Balaban J connectivity index is 2.85. The van der Waals surface area contributed by atoms with Crippen LogP contribution in [0, 0.1) is 0 Å². The highest BCUT2D eigenvalue weighted by Gasteiger charge is 1.92. The van der Waals surface area contributed by atoms with E-state index in [1.165, 1.54) is 6.21 Å². The van der Waals surface area contributed by atoms with Gasteiger partial charge in [0.2, 0.25) is 0 Å². The zero-order chi connectivity index (χ0) is 6.69. The Hall–Kier alpha value is -0.770. The second-order valence-corrected chi connectivity index (χ2v) is 2.17. The van der Waals surface area contributed by atoms with Gasteiger partial charge in [-0.25, -0.2) is 0 Å². The molecule has 0 aromatic carbocycles. The summed E-state index contributed by atoms with van der Waals surface area (Å²) in [6.45, 7) is 0. The average molecular weight is 190 g/mol. The number of oxime groups is 1. The zero-order valence-corrected chi connectivity index (χ0v) is 6.00. The van der Waals surface area contributed by atoms with Crippen molar-refractivity contribution in [2.45, 2.75) is 0 Å². The normalized spacial score (nSPS) is 10.8. The molecular weight excluding hydrogens is 186 g/mol. The van der Waals surface area contributed by atoms with Crippen molar-refractivity contribution < 1.29 is 9.62 Å². The molecule has 0 aliphatic heterocycles. The molecular formula is C5H4BrNO2. The second kappa shape index (κ2) is 2.68. The topological polar surface area (TPSA) is 45.7 Å². The molecule has 1 heterocycles. The minimum atomic E-state index is 0.518. The number of hydrogen-bond donors (Lipinski definition) is 1. The highest BCUT2D eigenvalue weighted by molar-refractivity contribution is 9.10. The third-order valence-electron chi connectivity index (χ3n) is 0.779. The van der Waals surface area contributed by atoms with E-state index in [1.54, 1.807) is 12.1 Å². The fraction of sp³-hybridized carbons (Fsp3) is 0. The van der Waals surface area contributed by atoms with Crippen molar-refractivity contribution in [3.63, 3.8) is 0 Å². The van der Waals surface area contributed by atoms with Crippen LogP contribution in [0.25, 0.3) is 0 Å². The Morgan fingerprint density at radius 3 is 2.89 bits per heavy atom. The molecule has 0 saturated carbocycles. The van der Waals surface area contributed by atoms with Crippen molar-refractivity contribution in [2.75, 3.05) is 0 Å². The molecule has 0 radical (unpaired) electrons. The molecule has 9 heavy (non-hydrogen) atoms. The van der Waals surface area contributed by atoms with Crippen molar-refractivity contribution in [3.8, 4) is 0 Å². The molecule has 0 atom stereocenters. The Morgan fingerprint density at radius 2 is 2.44 bits per heavy atom. The Morgan fingerprint density at radius 1 is 1.67 bits per heavy atom. The molecule has 0 aliphatic carbocycles. The van der Waals surface area contributed by atoms with E-state index in [0.29, 0.717) is 10.4 Å². The van der Waals surface area contributed by atoms with Gasteiger partial charge in [0.15, 0.2) is 4.67 Å². The third kappa shape index (κ3) is 1.57. The van der Waals surface area contributed by atoms with Gasteiger partial charge in [-0.1, -0.05) is 5.16 Å². The van der Waals surface area contributed by atoms with Crippen molar-refractivity contribution in [1.29, 1.82) is 0 Å². The first-order valence-corrected chi connectivity index (χ1v) is 3.05. The van der Waals surface area contributed by atoms with Crippen LogP contribution in [0.5, 0.6) is 0 Å². The van der Waals surface area contributed by atoms with Crippen LogP contribution in [0.4, 0.5) is 0 Å². The van der Waals surface area contributed by atoms with E-state index in [1.807, 2.05) is 0 Å². The minimum absolute atomic E-state index is 0.518. The quantitative estimate of drug-likeness (QED) is 0.417. The molecule has 1 N–H and O–H groups in total. The largest absolute Gasteiger partial charge is 0.448 e. The summed E-state index contributed by atoms with van der Waals surface area (Å²) in [5, 5.41) is 10.8. The molecule has 0 aliphatic rings. The summed E-state index contributed by atoms with van der Waals surface area (Å²) in [4.78, 5) is 0. The first-order valence-electron chi connectivity index (χ1n) is 2.25. The van der Waals surface area contributed by atoms with Gasteiger partial charge in [0, 0.05) is 0 Å². The lowest BCUT2D eigenvalue weighted by Crippen LogP contribution is -1.70. The predicted molar refractivity (Wildman–Crippen MR) is 35.8 cm³/mol. The average Bonchev–Trinajstić information content (AvgIpc) is 2.17. The zero-order valence-electron chi connectivity index (χ0n) is 4.41. The molecule has 1 aromatic rings. The Labute approximate surface area is 60.1 Å². The van der Waals surface area contributed by atoms with Crippen LogP contribution in [0.15, 0.2) is 26.4 Å². The molecule has 0 unspecified atom stereocenters. The summed E-state index contributed by atoms with van der Waals surface area (Å²) < 4.78 is 5.55. The van der Waals surface area contributed by atoms with Gasteiger partial charge in [-0.15, -0.1) is 0 Å². The third-order valence-corrected chi connectivity index (χ3v) is 1.21. The SMILES string of the molecule is ON=Cc1ccc(Br)o1. The molecule has 0 spiro atoms. The van der Waals surface area contributed by atoms with E-state index in [-0.39, 0.29) is 0 Å². The van der Waals surface area contributed by atoms with Crippen LogP contribution in [0.1, 0.15) is 5.76 Å². The first-order chi connectivity index (χ1) is 4.33. The van der Waals surface area contributed by atoms with Gasteiger partial charge < -0.3 is 9.62 Å². The summed E-state index contributed by atoms with van der Waals surface area (Å²) in [6.07, 6.45) is 1.21. The van der Waals surface area contributed by atoms with Crippen LogP contribution in [0.3, 0.4) is 0 Å². The van der Waals surface area contributed by atoms with Gasteiger partial charge in [-0.3, -0.25) is 0 Å². The number of halogens is 1. The monoisotopic (exact) mass is 189 g/mol. The van der Waals surface area contributed by atoms with E-state index in [0.717, 1.165) is 0 Å². The van der Waals surface area contributed by atoms with Crippen LogP contribution in [0.2, 0.25) is 0 Å². The minimum Gasteiger partial charge on any atom is -0.448 e. The van der Waals surface area contributed by atoms with Gasteiger partial charge in [-0.2, -0.15) is 0 Å². The first kappa shape index (κ1) is 6.35. The molecule has 3 nitrogen and oxygen atoms in total. The van der Waals surface area contributed by atoms with Gasteiger partial charge in [0.25, 0.3) is 0 Å². The lowest BCUT2D eigenvalue weighted by Gasteiger charge is -1.77. The van der Waals surface area contributed by atoms with Gasteiger partial charge in [0.1, 0.15) is 12.0 Å². The van der Waals surface area contributed by atoms with Crippen molar-refractivity contribution in [2.24, 2.45) is 5.16 Å². The molecule has 0 amide bonds. The summed E-state index contributed by atoms with van der Waals surface area (Å²) in [6, 6.07) is 3.40. The fourth-order valence-electron chi connectivity index (χ4n) is 0.455. The standard InChI is InChI=1S/C5H4BrNO2/c6-5-2-1-4(9-5)3-7-8/h1-3,8H. The Kier molecular flexibility index (Phi) is 1.89. The molecule has 0 bridgehead atoms. The van der Waals surface area contributed by atoms with Gasteiger partial charge in [0.05, 0.1) is 0 Å². The summed E-state index contributed by atoms with van der Waals surface area (Å²) >= 11 is 3.09. The lowest BCUT2D eigenvalue weighted by molar-refractivity contribution is 0.320. The number of furan rings is 1.